The molecule has 1 aromatic heterocycles. The Hall–Kier alpha value is -4.67. The van der Waals surface area contributed by atoms with Crippen molar-refractivity contribution in [1.82, 2.24) is 4.57 Å². The molecule has 0 bridgehead atoms. The van der Waals surface area contributed by atoms with E-state index in [1.807, 2.05) is 6.07 Å². The lowest BCUT2D eigenvalue weighted by atomic mass is 9.85. The number of aromatic nitrogens is 1. The summed E-state index contributed by atoms with van der Waals surface area (Å²) < 4.78 is 12.9. The summed E-state index contributed by atoms with van der Waals surface area (Å²) in [6.07, 6.45) is -0.754. The van der Waals surface area contributed by atoms with E-state index in [4.69, 9.17) is 14.3 Å². The van der Waals surface area contributed by atoms with Crippen LogP contribution in [0.15, 0.2) is 41.3 Å². The van der Waals surface area contributed by atoms with Crippen molar-refractivity contribution >= 4 is 5.97 Å². The van der Waals surface area contributed by atoms with Gasteiger partial charge in [0.05, 0.1) is 18.2 Å². The molecule has 1 aliphatic rings. The van der Waals surface area contributed by atoms with E-state index in [0.717, 1.165) is 6.07 Å². The highest BCUT2D eigenvalue weighted by Crippen LogP contribution is 2.43. The smallest absolute Gasteiger partial charge is 0.303 e. The van der Waals surface area contributed by atoms with Gasteiger partial charge in [0, 0.05) is 24.8 Å². The van der Waals surface area contributed by atoms with Gasteiger partial charge in [-0.2, -0.15) is 5.26 Å². The third-order valence-electron chi connectivity index (χ3n) is 5.76. The summed E-state index contributed by atoms with van der Waals surface area (Å²) in [5.41, 5.74) is -0.752. The van der Waals surface area contributed by atoms with E-state index in [9.17, 15) is 35.1 Å². The Kier molecular flexibility index (Phi) is 7.96. The number of fused-ring (bicyclic) bond motifs is 1. The number of nitriles is 1. The number of pyridine rings is 1. The highest BCUT2D eigenvalue weighted by Gasteiger charge is 2.47. The van der Waals surface area contributed by atoms with Gasteiger partial charge in [-0.05, 0) is 56.5 Å². The van der Waals surface area contributed by atoms with E-state index in [-0.39, 0.29) is 25.0 Å². The van der Waals surface area contributed by atoms with Gasteiger partial charge < -0.3 is 23.7 Å². The van der Waals surface area contributed by atoms with Crippen LogP contribution in [0.25, 0.3) is 0 Å². The molecule has 0 N–H and O–H groups in total. The summed E-state index contributed by atoms with van der Waals surface area (Å²) in [4.78, 5) is 55.6. The van der Waals surface area contributed by atoms with Crippen molar-refractivity contribution < 1.29 is 34.1 Å². The van der Waals surface area contributed by atoms with E-state index in [1.165, 1.54) is 23.8 Å². The maximum atomic E-state index is 13.3. The third kappa shape index (κ3) is 6.31. The molecule has 0 radical (unpaired) electrons. The average Bonchev–Trinajstić information content (AvgIpc) is 2.81. The van der Waals surface area contributed by atoms with Crippen molar-refractivity contribution in [2.24, 2.45) is 0 Å². The average molecular weight is 516 g/mol. The normalized spacial score (nSPS) is 18.3. The van der Waals surface area contributed by atoms with Gasteiger partial charge in [-0.1, -0.05) is 0 Å². The Morgan fingerprint density at radius 2 is 1.97 bits per heavy atom. The lowest BCUT2D eigenvalue weighted by Gasteiger charge is -2.44. The molecule has 1 aromatic carbocycles. The molecule has 0 spiro atoms. The molecular formula is C23H24N4O10. The van der Waals surface area contributed by atoms with Gasteiger partial charge >= 0.3 is 5.97 Å². The molecule has 3 rings (SSSR count). The van der Waals surface area contributed by atoms with E-state index in [2.05, 4.69) is 4.84 Å². The molecule has 14 heteroatoms. The highest BCUT2D eigenvalue weighted by atomic mass is 17.0. The van der Waals surface area contributed by atoms with Gasteiger partial charge in [-0.15, -0.1) is 20.2 Å². The topological polar surface area (TPSA) is 186 Å². The molecule has 1 aliphatic heterocycles. The lowest BCUT2D eigenvalue weighted by Crippen LogP contribution is -2.54. The Balaban J connectivity index is 2.05. The van der Waals surface area contributed by atoms with Crippen molar-refractivity contribution in [2.45, 2.75) is 57.5 Å². The second-order valence-corrected chi connectivity index (χ2v) is 8.77. The van der Waals surface area contributed by atoms with Crippen LogP contribution >= 0.6 is 0 Å². The highest BCUT2D eigenvalue weighted by molar-refractivity contribution is 5.66. The number of carbonyl (C=O) groups is 1. The molecule has 2 heterocycles. The Morgan fingerprint density at radius 3 is 2.57 bits per heavy atom. The molecule has 37 heavy (non-hydrogen) atoms. The Morgan fingerprint density at radius 1 is 1.24 bits per heavy atom. The molecule has 0 amide bonds. The predicted octanol–water partition coefficient (Wildman–Crippen LogP) is 2.65. The first-order valence-electron chi connectivity index (χ1n) is 11.1. The van der Waals surface area contributed by atoms with Crippen LogP contribution in [-0.2, 0) is 19.2 Å². The van der Waals surface area contributed by atoms with Crippen LogP contribution in [0.4, 0.5) is 0 Å². The van der Waals surface area contributed by atoms with Crippen LogP contribution in [0.3, 0.4) is 0 Å². The zero-order valence-corrected chi connectivity index (χ0v) is 20.2. The number of ether oxygens (including phenoxy) is 2. The molecule has 3 unspecified atom stereocenters. The van der Waals surface area contributed by atoms with Crippen molar-refractivity contribution in [3.63, 3.8) is 0 Å². The van der Waals surface area contributed by atoms with Crippen LogP contribution in [0.1, 0.15) is 62.4 Å². The summed E-state index contributed by atoms with van der Waals surface area (Å²) in [7, 11) is 0. The number of benzene rings is 1. The number of rotatable bonds is 10. The fraction of sp³-hybridized carbons (Fsp3) is 0.435. The predicted molar refractivity (Wildman–Crippen MR) is 123 cm³/mol. The quantitative estimate of drug-likeness (QED) is 0.195. The van der Waals surface area contributed by atoms with Crippen LogP contribution in [0.5, 0.6) is 5.75 Å². The van der Waals surface area contributed by atoms with Crippen LogP contribution in [0, 0.1) is 31.6 Å². The Labute approximate surface area is 210 Å². The van der Waals surface area contributed by atoms with Gasteiger partial charge in [-0.25, -0.2) is 0 Å². The van der Waals surface area contributed by atoms with Crippen molar-refractivity contribution in [2.75, 3.05) is 6.61 Å². The number of hydrogen-bond donors (Lipinski definition) is 0. The van der Waals surface area contributed by atoms with Gasteiger partial charge in [0.15, 0.2) is 6.10 Å². The van der Waals surface area contributed by atoms with Crippen molar-refractivity contribution in [3.05, 3.63) is 83.8 Å². The van der Waals surface area contributed by atoms with Gasteiger partial charge in [-0.3, -0.25) is 9.59 Å². The van der Waals surface area contributed by atoms with E-state index in [1.54, 1.807) is 32.0 Å². The second kappa shape index (κ2) is 10.9. The first kappa shape index (κ1) is 26.9. The molecule has 196 valence electrons. The zero-order valence-electron chi connectivity index (χ0n) is 20.2. The number of esters is 1. The molecule has 3 atom stereocenters. The SMILES string of the molecule is CC(=O)OC1C(n2ccc(C(CCCO[N+](=O)[O-])O[N+](=O)[O-])cc2=O)c2cc(C#N)ccc2OC1(C)C. The van der Waals surface area contributed by atoms with Gasteiger partial charge in [0.25, 0.3) is 15.7 Å². The molecule has 0 saturated carbocycles. The fourth-order valence-electron chi connectivity index (χ4n) is 4.23. The number of nitrogens with zero attached hydrogens (tertiary/aromatic N) is 4. The van der Waals surface area contributed by atoms with E-state index >= 15 is 0 Å². The Bertz CT molecular complexity index is 1300. The summed E-state index contributed by atoms with van der Waals surface area (Å²) in [6, 6.07) is 8.42. The molecule has 14 nitrogen and oxygen atoms in total. The second-order valence-electron chi connectivity index (χ2n) is 8.77. The summed E-state index contributed by atoms with van der Waals surface area (Å²) in [6.45, 7) is 4.31. The largest absolute Gasteiger partial charge is 0.484 e. The van der Waals surface area contributed by atoms with E-state index < -0.39 is 45.6 Å². The molecule has 0 fully saturated rings. The first-order chi connectivity index (χ1) is 17.4. The minimum atomic E-state index is -1.18. The van der Waals surface area contributed by atoms with Crippen LogP contribution in [0.2, 0.25) is 0 Å². The summed E-state index contributed by atoms with van der Waals surface area (Å²) in [5.74, 6) is -0.207. The molecule has 2 aromatic rings. The maximum absolute atomic E-state index is 13.3. The molecule has 0 saturated heterocycles. The minimum absolute atomic E-state index is 0.0347. The molecular weight excluding hydrogens is 492 g/mol. The molecule has 0 aliphatic carbocycles. The van der Waals surface area contributed by atoms with Crippen molar-refractivity contribution in [3.8, 4) is 11.8 Å². The van der Waals surface area contributed by atoms with E-state index in [0.29, 0.717) is 16.9 Å². The number of hydrogen-bond acceptors (Lipinski definition) is 11. The van der Waals surface area contributed by atoms with Crippen LogP contribution < -0.4 is 10.3 Å². The van der Waals surface area contributed by atoms with Gasteiger partial charge in [0.2, 0.25) is 0 Å². The minimum Gasteiger partial charge on any atom is -0.484 e. The monoisotopic (exact) mass is 516 g/mol. The summed E-state index contributed by atoms with van der Waals surface area (Å²) >= 11 is 0. The van der Waals surface area contributed by atoms with Crippen LogP contribution in [-0.4, -0.2) is 39.0 Å². The maximum Gasteiger partial charge on any atom is 0.303 e. The third-order valence-corrected chi connectivity index (χ3v) is 5.76. The standard InChI is InChI=1S/C23H24N4O10/c1-14(28)35-22-21(17-11-15(13-24)6-7-19(17)36-23(22,2)3)25-9-8-16(12-20(25)29)18(37-27(32)33)5-4-10-34-26(30)31/h6-9,11-12,18,21-22H,4-5,10H2,1-3H3. The van der Waals surface area contributed by atoms with Crippen molar-refractivity contribution in [1.29, 1.82) is 5.26 Å². The lowest BCUT2D eigenvalue weighted by molar-refractivity contribution is -0.772. The first-order valence-corrected chi connectivity index (χ1v) is 11.1. The fourth-order valence-corrected chi connectivity index (χ4v) is 4.23. The number of carbonyl (C=O) groups excluding carboxylic acids is 1. The zero-order chi connectivity index (χ0) is 27.3. The van der Waals surface area contributed by atoms with Gasteiger partial charge in [0.1, 0.15) is 23.5 Å². The summed E-state index contributed by atoms with van der Waals surface area (Å²) in [5, 5.41) is 28.7.